The topological polar surface area (TPSA) is 26.3 Å². The van der Waals surface area contributed by atoms with Gasteiger partial charge >= 0.3 is 5.97 Å². The lowest BCUT2D eigenvalue weighted by atomic mass is 10.2. The highest BCUT2D eigenvalue weighted by molar-refractivity contribution is 9.10. The summed E-state index contributed by atoms with van der Waals surface area (Å²) in [7, 11) is 0. The van der Waals surface area contributed by atoms with Crippen molar-refractivity contribution in [3.63, 3.8) is 0 Å². The van der Waals surface area contributed by atoms with E-state index in [1.807, 2.05) is 37.3 Å². The van der Waals surface area contributed by atoms with Gasteiger partial charge in [0.1, 0.15) is 6.61 Å². The number of esters is 1. The van der Waals surface area contributed by atoms with Gasteiger partial charge in [-0.25, -0.2) is 0 Å². The molecule has 0 spiro atoms. The van der Waals surface area contributed by atoms with Crippen LogP contribution in [0.5, 0.6) is 0 Å². The Balaban J connectivity index is 2.48. The zero-order valence-electron chi connectivity index (χ0n) is 8.57. The van der Waals surface area contributed by atoms with Crippen LogP contribution in [0.4, 0.5) is 0 Å². The summed E-state index contributed by atoms with van der Waals surface area (Å²) < 4.78 is 5.93. The van der Waals surface area contributed by atoms with Gasteiger partial charge in [-0.1, -0.05) is 46.3 Å². The molecule has 1 aromatic carbocycles. The van der Waals surface area contributed by atoms with E-state index in [-0.39, 0.29) is 5.97 Å². The number of carbonyl (C=O) groups excluding carboxylic acids is 1. The number of benzene rings is 1. The van der Waals surface area contributed by atoms with Gasteiger partial charge in [-0.15, -0.1) is 0 Å². The molecule has 0 saturated carbocycles. The molecule has 0 saturated heterocycles. The predicted octanol–water partition coefficient (Wildman–Crippen LogP) is 3.11. The largest absolute Gasteiger partial charge is 0.461 e. The average molecular weight is 269 g/mol. The third kappa shape index (κ3) is 4.30. The lowest BCUT2D eigenvalue weighted by molar-refractivity contribution is -0.141. The van der Waals surface area contributed by atoms with Gasteiger partial charge in [0.2, 0.25) is 0 Å². The van der Waals surface area contributed by atoms with Crippen molar-refractivity contribution in [2.24, 2.45) is 0 Å². The Hall–Kier alpha value is -1.09. The summed E-state index contributed by atoms with van der Waals surface area (Å²) in [6.07, 6.45) is 3.96. The van der Waals surface area contributed by atoms with Crippen molar-refractivity contribution < 1.29 is 9.53 Å². The molecule has 0 aromatic heterocycles. The molecule has 0 N–H and O–H groups in total. The Morgan fingerprint density at radius 3 is 2.87 bits per heavy atom. The van der Waals surface area contributed by atoms with E-state index in [1.165, 1.54) is 0 Å². The SMILES string of the molecule is C/C=C/COC(=O)Cc1ccccc1Br. The number of allylic oxidation sites excluding steroid dienone is 1. The number of ether oxygens (including phenoxy) is 1. The zero-order valence-corrected chi connectivity index (χ0v) is 10.2. The van der Waals surface area contributed by atoms with Gasteiger partial charge in [0, 0.05) is 4.47 Å². The summed E-state index contributed by atoms with van der Waals surface area (Å²) in [6, 6.07) is 7.63. The van der Waals surface area contributed by atoms with E-state index in [9.17, 15) is 4.79 Å². The Bertz CT molecular complexity index is 358. The van der Waals surface area contributed by atoms with Gasteiger partial charge in [0.05, 0.1) is 6.42 Å². The molecule has 0 radical (unpaired) electrons. The fourth-order valence-electron chi connectivity index (χ4n) is 1.09. The van der Waals surface area contributed by atoms with Crippen molar-refractivity contribution in [2.45, 2.75) is 13.3 Å². The van der Waals surface area contributed by atoms with Crippen molar-refractivity contribution in [1.82, 2.24) is 0 Å². The summed E-state index contributed by atoms with van der Waals surface area (Å²) in [5.41, 5.74) is 0.947. The third-order valence-corrected chi connectivity index (χ3v) is 2.64. The number of halogens is 1. The molecular formula is C12H13BrO2. The fraction of sp³-hybridized carbons (Fsp3) is 0.250. The Kier molecular flexibility index (Phi) is 5.12. The highest BCUT2D eigenvalue weighted by Gasteiger charge is 2.06. The molecule has 0 bridgehead atoms. The summed E-state index contributed by atoms with van der Waals surface area (Å²) in [5.74, 6) is -0.208. The van der Waals surface area contributed by atoms with Crippen LogP contribution in [0.1, 0.15) is 12.5 Å². The van der Waals surface area contributed by atoms with E-state index >= 15 is 0 Å². The molecule has 1 rings (SSSR count). The lowest BCUT2D eigenvalue weighted by Gasteiger charge is -2.03. The first-order valence-electron chi connectivity index (χ1n) is 4.74. The first-order valence-corrected chi connectivity index (χ1v) is 5.53. The third-order valence-electron chi connectivity index (χ3n) is 1.87. The minimum Gasteiger partial charge on any atom is -0.461 e. The molecular weight excluding hydrogens is 256 g/mol. The van der Waals surface area contributed by atoms with Gasteiger partial charge in [-0.2, -0.15) is 0 Å². The maximum absolute atomic E-state index is 11.4. The maximum atomic E-state index is 11.4. The van der Waals surface area contributed by atoms with Gasteiger partial charge < -0.3 is 4.74 Å². The van der Waals surface area contributed by atoms with Crippen molar-refractivity contribution >= 4 is 21.9 Å². The second-order valence-electron chi connectivity index (χ2n) is 3.02. The Morgan fingerprint density at radius 1 is 1.47 bits per heavy atom. The van der Waals surface area contributed by atoms with Crippen molar-refractivity contribution in [3.05, 3.63) is 46.5 Å². The van der Waals surface area contributed by atoms with E-state index in [0.29, 0.717) is 13.0 Å². The van der Waals surface area contributed by atoms with Gasteiger partial charge in [0.25, 0.3) is 0 Å². The molecule has 3 heteroatoms. The van der Waals surface area contributed by atoms with Crippen molar-refractivity contribution in [2.75, 3.05) is 6.61 Å². The molecule has 0 atom stereocenters. The van der Waals surface area contributed by atoms with E-state index in [2.05, 4.69) is 15.9 Å². The van der Waals surface area contributed by atoms with Crippen LogP contribution >= 0.6 is 15.9 Å². The monoisotopic (exact) mass is 268 g/mol. The quantitative estimate of drug-likeness (QED) is 0.620. The normalized spacial score (nSPS) is 10.5. The molecule has 15 heavy (non-hydrogen) atoms. The van der Waals surface area contributed by atoms with Crippen LogP contribution in [0.15, 0.2) is 40.9 Å². The number of carbonyl (C=O) groups is 1. The second-order valence-corrected chi connectivity index (χ2v) is 3.87. The number of hydrogen-bond donors (Lipinski definition) is 0. The van der Waals surface area contributed by atoms with E-state index in [4.69, 9.17) is 4.74 Å². The summed E-state index contributed by atoms with van der Waals surface area (Å²) >= 11 is 3.38. The van der Waals surface area contributed by atoms with Crippen molar-refractivity contribution in [1.29, 1.82) is 0 Å². The highest BCUT2D eigenvalue weighted by Crippen LogP contribution is 2.16. The maximum Gasteiger partial charge on any atom is 0.310 e. The highest BCUT2D eigenvalue weighted by atomic mass is 79.9. The van der Waals surface area contributed by atoms with Crippen LogP contribution in [0.3, 0.4) is 0 Å². The molecule has 80 valence electrons. The molecule has 0 heterocycles. The fourth-order valence-corrected chi connectivity index (χ4v) is 1.51. The smallest absolute Gasteiger partial charge is 0.310 e. The van der Waals surface area contributed by atoms with Gasteiger partial charge in [-0.05, 0) is 18.6 Å². The molecule has 0 amide bonds. The zero-order chi connectivity index (χ0) is 11.1. The molecule has 0 aliphatic heterocycles. The van der Waals surface area contributed by atoms with Crippen LogP contribution in [-0.4, -0.2) is 12.6 Å². The van der Waals surface area contributed by atoms with Crippen LogP contribution in [0.25, 0.3) is 0 Å². The van der Waals surface area contributed by atoms with E-state index in [0.717, 1.165) is 10.0 Å². The van der Waals surface area contributed by atoms with Crippen LogP contribution in [0, 0.1) is 0 Å². The van der Waals surface area contributed by atoms with E-state index in [1.54, 1.807) is 6.08 Å². The molecule has 0 aliphatic carbocycles. The first kappa shape index (κ1) is 12.0. The predicted molar refractivity (Wildman–Crippen MR) is 63.6 cm³/mol. The second kappa shape index (κ2) is 6.40. The minimum absolute atomic E-state index is 0.208. The standard InChI is InChI=1S/C12H13BrO2/c1-2-3-8-15-12(14)9-10-6-4-5-7-11(10)13/h2-7H,8-9H2,1H3/b3-2+. The van der Waals surface area contributed by atoms with Crippen LogP contribution in [0.2, 0.25) is 0 Å². The number of hydrogen-bond acceptors (Lipinski definition) is 2. The average Bonchev–Trinajstić information content (AvgIpc) is 2.22. The number of rotatable bonds is 4. The summed E-state index contributed by atoms with van der Waals surface area (Å²) in [4.78, 5) is 11.4. The molecule has 2 nitrogen and oxygen atoms in total. The van der Waals surface area contributed by atoms with Crippen LogP contribution in [-0.2, 0) is 16.0 Å². The van der Waals surface area contributed by atoms with Crippen molar-refractivity contribution in [3.8, 4) is 0 Å². The summed E-state index contributed by atoms with van der Waals surface area (Å²) in [5, 5.41) is 0. The minimum atomic E-state index is -0.208. The van der Waals surface area contributed by atoms with Gasteiger partial charge in [0.15, 0.2) is 0 Å². The lowest BCUT2D eigenvalue weighted by Crippen LogP contribution is -2.08. The molecule has 1 aromatic rings. The first-order chi connectivity index (χ1) is 7.24. The van der Waals surface area contributed by atoms with E-state index < -0.39 is 0 Å². The van der Waals surface area contributed by atoms with Gasteiger partial charge in [-0.3, -0.25) is 4.79 Å². The molecule has 0 fully saturated rings. The molecule has 0 unspecified atom stereocenters. The molecule has 0 aliphatic rings. The Labute approximate surface area is 98.1 Å². The van der Waals surface area contributed by atoms with Crippen LogP contribution < -0.4 is 0 Å². The summed E-state index contributed by atoms with van der Waals surface area (Å²) in [6.45, 7) is 2.24. The Morgan fingerprint density at radius 2 is 2.20 bits per heavy atom.